The molecule has 0 saturated carbocycles. The summed E-state index contributed by atoms with van der Waals surface area (Å²) in [5.74, 6) is -1.26. The summed E-state index contributed by atoms with van der Waals surface area (Å²) in [6.45, 7) is 2.29. The Bertz CT molecular complexity index is 994. The molecule has 0 unspecified atom stereocenters. The lowest BCUT2D eigenvalue weighted by atomic mass is 10.3. The molecule has 0 aliphatic rings. The number of aromatic nitrogens is 4. The maximum atomic E-state index is 12.4. The molecule has 0 radical (unpaired) electrons. The fraction of sp³-hybridized carbons (Fsp3) is 0.267. The lowest BCUT2D eigenvalue weighted by Gasteiger charge is -2.20. The second kappa shape index (κ2) is 6.96. The molecule has 3 heterocycles. The highest BCUT2D eigenvalue weighted by atomic mass is 32.1. The summed E-state index contributed by atoms with van der Waals surface area (Å²) >= 11 is 1.49. The number of carbonyl (C=O) groups excluding carboxylic acids is 1. The molecule has 11 heteroatoms. The Morgan fingerprint density at radius 2 is 2.23 bits per heavy atom. The van der Waals surface area contributed by atoms with Gasteiger partial charge in [0, 0.05) is 25.2 Å². The van der Waals surface area contributed by atoms with Crippen LogP contribution in [0.3, 0.4) is 0 Å². The van der Waals surface area contributed by atoms with Crippen molar-refractivity contribution in [3.63, 3.8) is 0 Å². The summed E-state index contributed by atoms with van der Waals surface area (Å²) in [6, 6.07) is 0. The molecular formula is C15H16N6O4S. The van der Waals surface area contributed by atoms with Crippen LogP contribution in [0.1, 0.15) is 21.2 Å². The number of hydrogen-bond acceptors (Lipinski definition) is 9. The molecule has 3 aromatic rings. The first-order valence-corrected chi connectivity index (χ1v) is 8.37. The van der Waals surface area contributed by atoms with Crippen molar-refractivity contribution < 1.29 is 14.4 Å². The van der Waals surface area contributed by atoms with Gasteiger partial charge < -0.3 is 19.8 Å². The maximum absolute atomic E-state index is 12.4. The number of rotatable bonds is 5. The maximum Gasteiger partial charge on any atom is 0.297 e. The number of nitrogens with one attached hydrogen (secondary N) is 1. The van der Waals surface area contributed by atoms with Crippen LogP contribution < -0.4 is 15.8 Å². The van der Waals surface area contributed by atoms with Gasteiger partial charge in [0.15, 0.2) is 5.69 Å². The van der Waals surface area contributed by atoms with Crippen molar-refractivity contribution in [2.75, 3.05) is 17.3 Å². The second-order valence-electron chi connectivity index (χ2n) is 5.58. The summed E-state index contributed by atoms with van der Waals surface area (Å²) in [6.07, 6.45) is 2.50. The predicted molar refractivity (Wildman–Crippen MR) is 94.6 cm³/mol. The molecule has 0 aliphatic carbocycles. The summed E-state index contributed by atoms with van der Waals surface area (Å²) in [5.41, 5.74) is 0.0730. The Labute approximate surface area is 151 Å². The van der Waals surface area contributed by atoms with Crippen LogP contribution in [0.2, 0.25) is 0 Å². The first-order valence-electron chi connectivity index (χ1n) is 7.49. The van der Waals surface area contributed by atoms with Gasteiger partial charge >= 0.3 is 0 Å². The van der Waals surface area contributed by atoms with Gasteiger partial charge in [-0.25, -0.2) is 9.97 Å². The molecule has 1 amide bonds. The largest absolute Gasteiger partial charge is 0.501 e. The zero-order chi connectivity index (χ0) is 18.8. The Morgan fingerprint density at radius 1 is 1.46 bits per heavy atom. The number of aromatic hydroxyl groups is 1. The molecular weight excluding hydrogens is 360 g/mol. The molecule has 0 aliphatic heterocycles. The van der Waals surface area contributed by atoms with Crippen LogP contribution in [0.5, 0.6) is 5.75 Å². The molecule has 10 nitrogen and oxygen atoms in total. The van der Waals surface area contributed by atoms with Crippen molar-refractivity contribution in [3.05, 3.63) is 44.6 Å². The van der Waals surface area contributed by atoms with Gasteiger partial charge in [-0.1, -0.05) is 5.16 Å². The van der Waals surface area contributed by atoms with Crippen molar-refractivity contribution in [2.24, 2.45) is 7.05 Å². The van der Waals surface area contributed by atoms with Crippen LogP contribution in [0.25, 0.3) is 0 Å². The molecule has 0 bridgehead atoms. The van der Waals surface area contributed by atoms with E-state index >= 15 is 0 Å². The first-order chi connectivity index (χ1) is 12.4. The van der Waals surface area contributed by atoms with Crippen molar-refractivity contribution in [1.82, 2.24) is 19.7 Å². The number of aryl methyl sites for hydroxylation is 1. The SMILES string of the molecule is Cc1csc(CN(C)c2nc(C(=O)Nc3cnoc3)c(O)c(=O)n2C)n1. The third-order valence-corrected chi connectivity index (χ3v) is 4.48. The Hall–Kier alpha value is -3.21. The number of nitrogens with zero attached hydrogens (tertiary/aromatic N) is 5. The number of amides is 1. The summed E-state index contributed by atoms with van der Waals surface area (Å²) in [7, 11) is 3.19. The van der Waals surface area contributed by atoms with Gasteiger partial charge in [-0.3, -0.25) is 14.2 Å². The standard InChI is InChI=1S/C15H16N6O4S/c1-8-7-26-10(17-8)5-20(2)15-19-11(12(22)14(24)21(15)3)13(23)18-9-4-16-25-6-9/h4,6-7,22H,5H2,1-3H3,(H,18,23). The zero-order valence-corrected chi connectivity index (χ0v) is 15.1. The van der Waals surface area contributed by atoms with Crippen LogP contribution in [-0.4, -0.2) is 37.8 Å². The van der Waals surface area contributed by atoms with Gasteiger partial charge in [0.25, 0.3) is 11.5 Å². The fourth-order valence-electron chi connectivity index (χ4n) is 2.28. The third kappa shape index (κ3) is 3.42. The zero-order valence-electron chi connectivity index (χ0n) is 14.3. The van der Waals surface area contributed by atoms with Gasteiger partial charge in [-0.15, -0.1) is 11.3 Å². The van der Waals surface area contributed by atoms with E-state index in [1.807, 2.05) is 12.3 Å². The van der Waals surface area contributed by atoms with E-state index in [4.69, 9.17) is 0 Å². The third-order valence-electron chi connectivity index (χ3n) is 3.53. The second-order valence-corrected chi connectivity index (χ2v) is 6.52. The minimum atomic E-state index is -0.747. The topological polar surface area (TPSA) is 126 Å². The summed E-state index contributed by atoms with van der Waals surface area (Å²) in [5, 5.41) is 18.7. The van der Waals surface area contributed by atoms with E-state index in [0.717, 1.165) is 10.7 Å². The molecule has 0 spiro atoms. The Morgan fingerprint density at radius 3 is 2.85 bits per heavy atom. The van der Waals surface area contributed by atoms with Crippen LogP contribution in [-0.2, 0) is 13.6 Å². The minimum Gasteiger partial charge on any atom is -0.501 e. The lowest BCUT2D eigenvalue weighted by Crippen LogP contribution is -2.31. The van der Waals surface area contributed by atoms with E-state index < -0.39 is 17.2 Å². The van der Waals surface area contributed by atoms with Gasteiger partial charge in [-0.2, -0.15) is 0 Å². The van der Waals surface area contributed by atoms with E-state index in [-0.39, 0.29) is 17.3 Å². The van der Waals surface area contributed by atoms with Crippen LogP contribution >= 0.6 is 11.3 Å². The highest BCUT2D eigenvalue weighted by Crippen LogP contribution is 2.19. The quantitative estimate of drug-likeness (QED) is 0.678. The van der Waals surface area contributed by atoms with Crippen LogP contribution in [0.15, 0.2) is 27.2 Å². The molecule has 0 atom stereocenters. The van der Waals surface area contributed by atoms with Gasteiger partial charge in [0.1, 0.15) is 17.0 Å². The van der Waals surface area contributed by atoms with E-state index in [0.29, 0.717) is 6.54 Å². The average molecular weight is 376 g/mol. The van der Waals surface area contributed by atoms with E-state index in [9.17, 15) is 14.7 Å². The van der Waals surface area contributed by atoms with Crippen molar-refractivity contribution in [3.8, 4) is 5.75 Å². The highest BCUT2D eigenvalue weighted by Gasteiger charge is 2.22. The van der Waals surface area contributed by atoms with Crippen LogP contribution in [0.4, 0.5) is 11.6 Å². The normalized spacial score (nSPS) is 10.7. The number of carbonyl (C=O) groups is 1. The lowest BCUT2D eigenvalue weighted by molar-refractivity contribution is 0.101. The average Bonchev–Trinajstić information content (AvgIpc) is 3.24. The molecule has 3 aromatic heterocycles. The minimum absolute atomic E-state index is 0.219. The molecule has 0 aromatic carbocycles. The number of thiazole rings is 1. The Balaban J connectivity index is 1.93. The van der Waals surface area contributed by atoms with Crippen molar-refractivity contribution >= 4 is 28.9 Å². The molecule has 3 rings (SSSR count). The fourth-order valence-corrected chi connectivity index (χ4v) is 3.11. The smallest absolute Gasteiger partial charge is 0.297 e. The number of anilines is 2. The van der Waals surface area contributed by atoms with E-state index in [2.05, 4.69) is 25.0 Å². The van der Waals surface area contributed by atoms with Crippen molar-refractivity contribution in [1.29, 1.82) is 0 Å². The summed E-state index contributed by atoms with van der Waals surface area (Å²) < 4.78 is 5.80. The van der Waals surface area contributed by atoms with Crippen LogP contribution in [0, 0.1) is 6.92 Å². The molecule has 2 N–H and O–H groups in total. The molecule has 0 saturated heterocycles. The predicted octanol–water partition coefficient (Wildman–Crippen LogP) is 1.13. The van der Waals surface area contributed by atoms with Gasteiger partial charge in [-0.05, 0) is 6.92 Å². The molecule has 26 heavy (non-hydrogen) atoms. The number of hydrogen-bond donors (Lipinski definition) is 2. The molecule has 0 fully saturated rings. The first kappa shape index (κ1) is 17.6. The van der Waals surface area contributed by atoms with Crippen molar-refractivity contribution in [2.45, 2.75) is 13.5 Å². The van der Waals surface area contributed by atoms with E-state index in [1.165, 1.54) is 35.4 Å². The van der Waals surface area contributed by atoms with Gasteiger partial charge in [0.2, 0.25) is 11.7 Å². The van der Waals surface area contributed by atoms with E-state index in [1.54, 1.807) is 11.9 Å². The highest BCUT2D eigenvalue weighted by molar-refractivity contribution is 7.09. The molecule has 136 valence electrons. The monoisotopic (exact) mass is 376 g/mol. The van der Waals surface area contributed by atoms with Gasteiger partial charge in [0.05, 0.1) is 12.7 Å². The Kier molecular flexibility index (Phi) is 4.71. The summed E-state index contributed by atoms with van der Waals surface area (Å²) in [4.78, 5) is 34.9.